The van der Waals surface area contributed by atoms with Gasteiger partial charge in [0.1, 0.15) is 5.75 Å². The molecule has 0 aliphatic rings. The van der Waals surface area contributed by atoms with E-state index >= 15 is 0 Å². The zero-order chi connectivity index (χ0) is 33.2. The Kier molecular flexibility index (Phi) is 31.5. The molecule has 3 heteroatoms. The van der Waals surface area contributed by atoms with E-state index < -0.39 is 0 Å². The predicted octanol–water partition coefficient (Wildman–Crippen LogP) is 14.9. The van der Waals surface area contributed by atoms with Gasteiger partial charge in [-0.15, -0.1) is 0 Å². The first-order chi connectivity index (χ1) is 22.7. The van der Waals surface area contributed by atoms with Crippen molar-refractivity contribution in [2.45, 2.75) is 232 Å². The van der Waals surface area contributed by atoms with E-state index in [0.717, 1.165) is 18.6 Å². The van der Waals surface area contributed by atoms with Gasteiger partial charge in [0.05, 0.1) is 0 Å². The molecule has 0 aliphatic carbocycles. The van der Waals surface area contributed by atoms with Gasteiger partial charge in [-0.1, -0.05) is 219 Å². The van der Waals surface area contributed by atoms with Gasteiger partial charge < -0.3 is 10.5 Å². The number of hydrogen-bond acceptors (Lipinski definition) is 2. The molecule has 0 heterocycles. The third kappa shape index (κ3) is 26.9. The molecular formula is C43H79NOS. The molecule has 0 unspecified atom stereocenters. The van der Waals surface area contributed by atoms with Gasteiger partial charge in [0.25, 0.3) is 5.17 Å². The molecule has 0 aliphatic heterocycles. The fraction of sp³-hybridized carbons (Fsp3) is 0.837. The third-order valence-corrected chi connectivity index (χ3v) is 10.1. The van der Waals surface area contributed by atoms with Crippen LogP contribution in [0.15, 0.2) is 18.2 Å². The summed E-state index contributed by atoms with van der Waals surface area (Å²) in [4.78, 5) is 0. The molecule has 0 spiro atoms. The number of aryl methyl sites for hydroxylation is 1. The number of thiocarbonyl (C=S) groups is 1. The standard InChI is InChI=1S/C43H79NOS/c1-3-5-7-9-11-13-15-17-19-21-23-25-27-29-31-33-36-40-37-35-39-42(45-43(44)46)41(40)38-34-32-30-28-26-24-22-20-18-16-14-12-10-8-6-4-2/h35,37,39H,3-34,36,38H2,1-2H3,(H2,44,46). The van der Waals surface area contributed by atoms with Crippen LogP contribution in [-0.2, 0) is 12.8 Å². The van der Waals surface area contributed by atoms with Crippen LogP contribution < -0.4 is 10.5 Å². The quantitative estimate of drug-likeness (QED) is 0.0583. The normalized spacial score (nSPS) is 11.3. The van der Waals surface area contributed by atoms with E-state index in [1.165, 1.54) is 217 Å². The molecule has 0 amide bonds. The zero-order valence-corrected chi connectivity index (χ0v) is 32.0. The lowest BCUT2D eigenvalue weighted by atomic mass is 9.95. The van der Waals surface area contributed by atoms with Gasteiger partial charge in [-0.3, -0.25) is 0 Å². The summed E-state index contributed by atoms with van der Waals surface area (Å²) in [6, 6.07) is 6.48. The summed E-state index contributed by atoms with van der Waals surface area (Å²) < 4.78 is 5.81. The third-order valence-electron chi connectivity index (χ3n) is 10.0. The molecule has 46 heavy (non-hydrogen) atoms. The monoisotopic (exact) mass is 658 g/mol. The van der Waals surface area contributed by atoms with E-state index in [0.29, 0.717) is 0 Å². The first-order valence-electron chi connectivity index (χ1n) is 20.8. The van der Waals surface area contributed by atoms with Gasteiger partial charge in [-0.25, -0.2) is 0 Å². The largest absolute Gasteiger partial charge is 0.432 e. The fourth-order valence-corrected chi connectivity index (χ4v) is 7.14. The van der Waals surface area contributed by atoms with E-state index in [9.17, 15) is 0 Å². The van der Waals surface area contributed by atoms with Gasteiger partial charge in [0.2, 0.25) is 0 Å². The Morgan fingerprint density at radius 2 is 0.761 bits per heavy atom. The van der Waals surface area contributed by atoms with Crippen molar-refractivity contribution in [1.82, 2.24) is 0 Å². The Morgan fingerprint density at radius 1 is 0.457 bits per heavy atom. The minimum Gasteiger partial charge on any atom is -0.432 e. The van der Waals surface area contributed by atoms with Crippen LogP contribution in [0.1, 0.15) is 230 Å². The average molecular weight is 658 g/mol. The molecule has 1 aromatic rings. The van der Waals surface area contributed by atoms with Crippen LogP contribution in [0.4, 0.5) is 0 Å². The molecule has 0 radical (unpaired) electrons. The summed E-state index contributed by atoms with van der Waals surface area (Å²) in [7, 11) is 0. The van der Waals surface area contributed by atoms with Gasteiger partial charge >= 0.3 is 0 Å². The smallest absolute Gasteiger partial charge is 0.259 e. The minimum absolute atomic E-state index is 0.132. The second kappa shape index (κ2) is 33.8. The molecule has 2 N–H and O–H groups in total. The van der Waals surface area contributed by atoms with Crippen LogP contribution >= 0.6 is 12.2 Å². The maximum Gasteiger partial charge on any atom is 0.259 e. The van der Waals surface area contributed by atoms with Crippen molar-refractivity contribution >= 4 is 17.4 Å². The highest BCUT2D eigenvalue weighted by molar-refractivity contribution is 7.80. The summed E-state index contributed by atoms with van der Waals surface area (Å²) in [6.07, 6.45) is 47.3. The molecule has 0 atom stereocenters. The lowest BCUT2D eigenvalue weighted by molar-refractivity contribution is 0.524. The fourth-order valence-electron chi connectivity index (χ4n) is 7.05. The number of ether oxygens (including phenoxy) is 1. The topological polar surface area (TPSA) is 35.2 Å². The van der Waals surface area contributed by atoms with Gasteiger partial charge in [0, 0.05) is 0 Å². The van der Waals surface area contributed by atoms with Gasteiger partial charge in [-0.05, 0) is 55.1 Å². The number of rotatable bonds is 35. The van der Waals surface area contributed by atoms with Crippen molar-refractivity contribution in [2.24, 2.45) is 5.73 Å². The van der Waals surface area contributed by atoms with Crippen molar-refractivity contribution in [3.8, 4) is 5.75 Å². The molecule has 0 saturated carbocycles. The second-order valence-corrected chi connectivity index (χ2v) is 14.8. The van der Waals surface area contributed by atoms with Crippen LogP contribution in [0.25, 0.3) is 0 Å². The van der Waals surface area contributed by atoms with Crippen LogP contribution in [0.3, 0.4) is 0 Å². The van der Waals surface area contributed by atoms with E-state index in [1.807, 2.05) is 0 Å². The number of nitrogens with two attached hydrogens (primary N) is 1. The van der Waals surface area contributed by atoms with Crippen LogP contribution in [0, 0.1) is 0 Å². The summed E-state index contributed by atoms with van der Waals surface area (Å²) in [5, 5.41) is 0.132. The van der Waals surface area contributed by atoms with Gasteiger partial charge in [-0.2, -0.15) is 0 Å². The second-order valence-electron chi connectivity index (χ2n) is 14.4. The summed E-state index contributed by atoms with van der Waals surface area (Å²) in [6.45, 7) is 4.60. The highest BCUT2D eigenvalue weighted by atomic mass is 32.1. The first-order valence-corrected chi connectivity index (χ1v) is 21.2. The van der Waals surface area contributed by atoms with Crippen molar-refractivity contribution in [3.63, 3.8) is 0 Å². The minimum atomic E-state index is 0.132. The van der Waals surface area contributed by atoms with E-state index in [-0.39, 0.29) is 5.17 Å². The van der Waals surface area contributed by atoms with Crippen molar-refractivity contribution in [2.75, 3.05) is 0 Å². The van der Waals surface area contributed by atoms with Crippen molar-refractivity contribution < 1.29 is 4.74 Å². The lowest BCUT2D eigenvalue weighted by Gasteiger charge is -2.15. The van der Waals surface area contributed by atoms with Crippen molar-refractivity contribution in [3.05, 3.63) is 29.3 Å². The Morgan fingerprint density at radius 3 is 1.09 bits per heavy atom. The molecule has 1 aromatic carbocycles. The molecule has 2 nitrogen and oxygen atoms in total. The highest BCUT2D eigenvalue weighted by Crippen LogP contribution is 2.27. The van der Waals surface area contributed by atoms with E-state index in [2.05, 4.69) is 32.0 Å². The Hall–Kier alpha value is -1.09. The molecule has 0 aromatic heterocycles. The Labute approximate surface area is 294 Å². The summed E-state index contributed by atoms with van der Waals surface area (Å²) in [5.74, 6) is 0.891. The maximum absolute atomic E-state index is 5.81. The molecule has 1 rings (SSSR count). The van der Waals surface area contributed by atoms with Gasteiger partial charge in [0.15, 0.2) is 0 Å². The van der Waals surface area contributed by atoms with Crippen LogP contribution in [-0.4, -0.2) is 5.17 Å². The zero-order valence-electron chi connectivity index (χ0n) is 31.2. The Balaban J connectivity index is 2.12. The molecule has 0 bridgehead atoms. The maximum atomic E-state index is 5.81. The molecule has 0 saturated heterocycles. The van der Waals surface area contributed by atoms with E-state index in [1.54, 1.807) is 0 Å². The molecular weight excluding hydrogens is 579 g/mol. The Bertz CT molecular complexity index is 793. The first kappa shape index (κ1) is 42.9. The number of benzene rings is 1. The molecule has 268 valence electrons. The highest BCUT2D eigenvalue weighted by Gasteiger charge is 2.11. The van der Waals surface area contributed by atoms with E-state index in [4.69, 9.17) is 22.7 Å². The average Bonchev–Trinajstić information content (AvgIpc) is 3.05. The van der Waals surface area contributed by atoms with Crippen LogP contribution in [0.5, 0.6) is 5.75 Å². The number of hydrogen-bond donors (Lipinski definition) is 1. The predicted molar refractivity (Wildman–Crippen MR) is 210 cm³/mol. The van der Waals surface area contributed by atoms with Crippen molar-refractivity contribution in [1.29, 1.82) is 0 Å². The SMILES string of the molecule is CCCCCCCCCCCCCCCCCCc1cccc(OC(N)=S)c1CCCCCCCCCCCCCCCCCC. The lowest BCUT2D eigenvalue weighted by Crippen LogP contribution is -2.17. The number of unbranched alkanes of at least 4 members (excludes halogenated alkanes) is 30. The van der Waals surface area contributed by atoms with Crippen LogP contribution in [0.2, 0.25) is 0 Å². The summed E-state index contributed by atoms with van der Waals surface area (Å²) >= 11 is 5.10. The summed E-state index contributed by atoms with van der Waals surface area (Å²) in [5.41, 5.74) is 8.58. The molecule has 0 fully saturated rings.